The van der Waals surface area contributed by atoms with Gasteiger partial charge in [-0.2, -0.15) is 13.2 Å². The van der Waals surface area contributed by atoms with E-state index in [2.05, 4.69) is 15.3 Å². The topological polar surface area (TPSA) is 54.4 Å². The van der Waals surface area contributed by atoms with Gasteiger partial charge in [-0.1, -0.05) is 18.2 Å². The first-order chi connectivity index (χ1) is 15.3. The Labute approximate surface area is 183 Å². The van der Waals surface area contributed by atoms with E-state index in [4.69, 9.17) is 0 Å². The quantitative estimate of drug-likeness (QED) is 0.516. The monoisotopic (exact) mass is 435 g/mol. The normalized spacial score (nSPS) is 16.1. The molecule has 1 amide bonds. The second-order valence-electron chi connectivity index (χ2n) is 8.28. The van der Waals surface area contributed by atoms with Gasteiger partial charge >= 0.3 is 6.18 Å². The molecule has 5 rings (SSSR count). The Morgan fingerprint density at radius 1 is 1.00 bits per heavy atom. The minimum absolute atomic E-state index is 0.0202. The lowest BCUT2D eigenvalue weighted by atomic mass is 9.99. The fraction of sp³-hybridized carbons (Fsp3) is 0.240. The molecule has 0 atom stereocenters. The van der Waals surface area contributed by atoms with E-state index >= 15 is 0 Å². The molecule has 1 aromatic heterocycles. The summed E-state index contributed by atoms with van der Waals surface area (Å²) in [7, 11) is 0. The molecule has 1 N–H and O–H groups in total. The maximum Gasteiger partial charge on any atom is 0.416 e. The van der Waals surface area contributed by atoms with Crippen LogP contribution in [0.3, 0.4) is 0 Å². The highest BCUT2D eigenvalue weighted by Gasteiger charge is 2.39. The summed E-state index contributed by atoms with van der Waals surface area (Å²) < 4.78 is 40.9. The van der Waals surface area contributed by atoms with E-state index < -0.39 is 11.7 Å². The Hall–Kier alpha value is -3.48. The van der Waals surface area contributed by atoms with Crippen LogP contribution in [-0.2, 0) is 11.0 Å². The Kier molecular flexibility index (Phi) is 4.84. The zero-order valence-corrected chi connectivity index (χ0v) is 17.3. The van der Waals surface area contributed by atoms with E-state index in [0.29, 0.717) is 11.4 Å². The summed E-state index contributed by atoms with van der Waals surface area (Å²) in [5, 5.41) is 2.61. The van der Waals surface area contributed by atoms with Crippen molar-refractivity contribution in [3.63, 3.8) is 0 Å². The van der Waals surface area contributed by atoms with Gasteiger partial charge in [-0.05, 0) is 78.3 Å². The van der Waals surface area contributed by atoms with Gasteiger partial charge in [-0.25, -0.2) is 0 Å². The van der Waals surface area contributed by atoms with E-state index in [-0.39, 0.29) is 29.5 Å². The van der Waals surface area contributed by atoms with Gasteiger partial charge in [-0.3, -0.25) is 14.8 Å². The minimum atomic E-state index is -4.48. The van der Waals surface area contributed by atoms with Crippen LogP contribution in [0.1, 0.15) is 47.6 Å². The minimum Gasteiger partial charge on any atom is -0.324 e. The molecule has 0 radical (unpaired) electrons. The Balaban J connectivity index is 1.60. The molecule has 0 unspecified atom stereocenters. The van der Waals surface area contributed by atoms with Crippen molar-refractivity contribution in [3.8, 4) is 11.1 Å². The third kappa shape index (κ3) is 4.02. The molecule has 0 saturated heterocycles. The highest BCUT2D eigenvalue weighted by Crippen LogP contribution is 2.49. The fourth-order valence-electron chi connectivity index (χ4n) is 4.08. The number of anilines is 1. The summed E-state index contributed by atoms with van der Waals surface area (Å²) in [6, 6.07) is 14.1. The maximum atomic E-state index is 13.6. The molecule has 1 aliphatic carbocycles. The van der Waals surface area contributed by atoms with Gasteiger partial charge in [0.1, 0.15) is 0 Å². The summed E-state index contributed by atoms with van der Waals surface area (Å²) in [6.07, 6.45) is -1.29. The van der Waals surface area contributed by atoms with Crippen molar-refractivity contribution in [1.29, 1.82) is 0 Å². The number of nitrogens with one attached hydrogen (secondary N) is 1. The lowest BCUT2D eigenvalue weighted by Gasteiger charge is -2.16. The zero-order valence-electron chi connectivity index (χ0n) is 17.3. The van der Waals surface area contributed by atoms with Crippen LogP contribution in [0, 0.1) is 6.92 Å². The van der Waals surface area contributed by atoms with E-state index in [0.717, 1.165) is 41.3 Å². The lowest BCUT2D eigenvalue weighted by molar-refractivity contribution is -0.138. The average molecular weight is 435 g/mol. The molecule has 162 valence electrons. The number of fused-ring (bicyclic) bond motifs is 1. The number of alkyl halides is 3. The molecule has 7 heteroatoms. The number of carbonyl (C=O) groups excluding carboxylic acids is 1. The van der Waals surface area contributed by atoms with Crippen LogP contribution < -0.4 is 5.32 Å². The van der Waals surface area contributed by atoms with Gasteiger partial charge in [0.15, 0.2) is 0 Å². The predicted molar refractivity (Wildman–Crippen MR) is 117 cm³/mol. The predicted octanol–water partition coefficient (Wildman–Crippen LogP) is 6.42. The highest BCUT2D eigenvalue weighted by molar-refractivity contribution is 6.17. The number of carbonyl (C=O) groups is 1. The molecule has 1 fully saturated rings. The standard InChI is InChI=1S/C25H20F3N3O/c1-14-9-17(7-8-29-14)16-3-2-4-18(10-16)21-13-24(32)31-23-12-20(25(26,27)28)19(15-5-6-15)11-22(23)30-21/h2-4,7-12,15H,5-6,13H2,1H3,(H,31,32). The first-order valence-electron chi connectivity index (χ1n) is 10.4. The van der Waals surface area contributed by atoms with Crippen molar-refractivity contribution in [3.05, 3.63) is 77.1 Å². The summed E-state index contributed by atoms with van der Waals surface area (Å²) in [4.78, 5) is 21.4. The van der Waals surface area contributed by atoms with Gasteiger partial charge in [-0.15, -0.1) is 0 Å². The van der Waals surface area contributed by atoms with Crippen molar-refractivity contribution < 1.29 is 18.0 Å². The van der Waals surface area contributed by atoms with Crippen molar-refractivity contribution in [2.24, 2.45) is 4.99 Å². The summed E-state index contributed by atoms with van der Waals surface area (Å²) in [5.74, 6) is -0.493. The largest absolute Gasteiger partial charge is 0.416 e. The summed E-state index contributed by atoms with van der Waals surface area (Å²) >= 11 is 0. The molecular weight excluding hydrogens is 415 g/mol. The van der Waals surface area contributed by atoms with Crippen molar-refractivity contribution in [2.45, 2.75) is 38.3 Å². The number of pyridine rings is 1. The molecule has 2 aromatic carbocycles. The number of aromatic nitrogens is 1. The Bertz CT molecular complexity index is 1260. The number of nitrogens with zero attached hydrogens (tertiary/aromatic N) is 2. The smallest absolute Gasteiger partial charge is 0.324 e. The number of aliphatic imine (C=N–C) groups is 1. The van der Waals surface area contributed by atoms with Crippen LogP contribution in [-0.4, -0.2) is 16.6 Å². The number of aryl methyl sites for hydroxylation is 1. The lowest BCUT2D eigenvalue weighted by Crippen LogP contribution is -2.16. The van der Waals surface area contributed by atoms with Crippen LogP contribution in [0.2, 0.25) is 0 Å². The summed E-state index contributed by atoms with van der Waals surface area (Å²) in [6.45, 7) is 1.91. The number of hydrogen-bond donors (Lipinski definition) is 1. The molecule has 1 aliphatic heterocycles. The fourth-order valence-corrected chi connectivity index (χ4v) is 4.08. The number of hydrogen-bond acceptors (Lipinski definition) is 3. The highest BCUT2D eigenvalue weighted by atomic mass is 19.4. The molecular formula is C25H20F3N3O. The number of halogens is 3. The van der Waals surface area contributed by atoms with Crippen molar-refractivity contribution >= 4 is 23.0 Å². The molecule has 2 heterocycles. The third-order valence-electron chi connectivity index (χ3n) is 5.77. The van der Waals surface area contributed by atoms with Crippen LogP contribution >= 0.6 is 0 Å². The number of benzene rings is 2. The van der Waals surface area contributed by atoms with Gasteiger partial charge in [0.25, 0.3) is 0 Å². The molecule has 3 aromatic rings. The van der Waals surface area contributed by atoms with Crippen LogP contribution in [0.15, 0.2) is 59.7 Å². The first-order valence-corrected chi connectivity index (χ1v) is 10.4. The van der Waals surface area contributed by atoms with Gasteiger partial charge in [0, 0.05) is 11.9 Å². The summed E-state index contributed by atoms with van der Waals surface area (Å²) in [5.41, 5.74) is 4.15. The van der Waals surface area contributed by atoms with Crippen molar-refractivity contribution in [1.82, 2.24) is 4.98 Å². The van der Waals surface area contributed by atoms with Gasteiger partial charge in [0.05, 0.1) is 29.1 Å². The Morgan fingerprint density at radius 2 is 1.75 bits per heavy atom. The molecule has 0 spiro atoms. The van der Waals surface area contributed by atoms with Crippen LogP contribution in [0.5, 0.6) is 0 Å². The molecule has 4 nitrogen and oxygen atoms in total. The number of rotatable bonds is 3. The second-order valence-corrected chi connectivity index (χ2v) is 8.28. The van der Waals surface area contributed by atoms with Gasteiger partial charge in [0.2, 0.25) is 5.91 Å². The second kappa shape index (κ2) is 7.58. The first kappa shape index (κ1) is 20.4. The third-order valence-corrected chi connectivity index (χ3v) is 5.77. The van der Waals surface area contributed by atoms with E-state index in [9.17, 15) is 18.0 Å². The molecule has 2 aliphatic rings. The van der Waals surface area contributed by atoms with Gasteiger partial charge < -0.3 is 5.32 Å². The number of amides is 1. The van der Waals surface area contributed by atoms with E-state index in [1.165, 1.54) is 6.07 Å². The molecule has 0 bridgehead atoms. The Morgan fingerprint density at radius 3 is 2.47 bits per heavy atom. The van der Waals surface area contributed by atoms with Crippen LogP contribution in [0.25, 0.3) is 11.1 Å². The SMILES string of the molecule is Cc1cc(-c2cccc(C3=Nc4cc(C5CC5)c(C(F)(F)F)cc4NC(=O)C3)c2)ccn1. The van der Waals surface area contributed by atoms with Crippen molar-refractivity contribution in [2.75, 3.05) is 5.32 Å². The van der Waals surface area contributed by atoms with E-state index in [1.807, 2.05) is 43.3 Å². The zero-order chi connectivity index (χ0) is 22.5. The average Bonchev–Trinajstić information content (AvgIpc) is 3.59. The maximum absolute atomic E-state index is 13.6. The molecule has 32 heavy (non-hydrogen) atoms. The molecule has 1 saturated carbocycles. The van der Waals surface area contributed by atoms with Crippen LogP contribution in [0.4, 0.5) is 24.5 Å². The van der Waals surface area contributed by atoms with E-state index in [1.54, 1.807) is 6.20 Å².